The molecule has 1 aliphatic heterocycles. The second kappa shape index (κ2) is 7.56. The van der Waals surface area contributed by atoms with Crippen LogP contribution in [0.3, 0.4) is 0 Å². The van der Waals surface area contributed by atoms with Crippen molar-refractivity contribution in [1.82, 2.24) is 0 Å². The minimum absolute atomic E-state index is 0.828. The maximum atomic E-state index is 6.94. The number of para-hydroxylation sites is 1. The molecule has 0 bridgehead atoms. The SMILES string of the molecule is COc1ccc([N+]2=Cc3ccccc3O[B-]2(c2ccccc2)c2ccccc2)cc1. The van der Waals surface area contributed by atoms with Gasteiger partial charge in [-0.1, -0.05) is 83.7 Å². The number of benzene rings is 4. The van der Waals surface area contributed by atoms with Crippen molar-refractivity contribution in [2.24, 2.45) is 0 Å². The van der Waals surface area contributed by atoms with Gasteiger partial charge in [-0.05, 0) is 24.3 Å². The number of fused-ring (bicyclic) bond motifs is 1. The van der Waals surface area contributed by atoms with E-state index in [0.717, 1.165) is 33.7 Å². The first-order valence-corrected chi connectivity index (χ1v) is 10.1. The van der Waals surface area contributed by atoms with Gasteiger partial charge in [-0.25, -0.2) is 0 Å². The third-order valence-corrected chi connectivity index (χ3v) is 5.76. The summed E-state index contributed by atoms with van der Waals surface area (Å²) in [6.07, 6.45) is 2.20. The molecular weight excluding hydrogens is 369 g/mol. The van der Waals surface area contributed by atoms with E-state index in [-0.39, 0.29) is 0 Å². The molecule has 5 rings (SSSR count). The molecule has 4 aromatic carbocycles. The summed E-state index contributed by atoms with van der Waals surface area (Å²) < 4.78 is 14.6. The zero-order chi connectivity index (χ0) is 20.4. The predicted octanol–water partition coefficient (Wildman–Crippen LogP) is 4.11. The average Bonchev–Trinajstić information content (AvgIpc) is 2.84. The molecule has 0 radical (unpaired) electrons. The summed E-state index contributed by atoms with van der Waals surface area (Å²) >= 11 is 0. The minimum atomic E-state index is -1.74. The lowest BCUT2D eigenvalue weighted by Gasteiger charge is -2.42. The van der Waals surface area contributed by atoms with Crippen molar-refractivity contribution in [3.63, 3.8) is 0 Å². The van der Waals surface area contributed by atoms with Gasteiger partial charge in [0.05, 0.1) is 18.4 Å². The maximum Gasteiger partial charge on any atom is 0.513 e. The fourth-order valence-electron chi connectivity index (χ4n) is 4.31. The molecule has 1 aliphatic rings. The van der Waals surface area contributed by atoms with Gasteiger partial charge in [0.2, 0.25) is 0 Å². The van der Waals surface area contributed by atoms with Crippen molar-refractivity contribution in [3.05, 3.63) is 115 Å². The number of nitrogens with zero attached hydrogens (tertiary/aromatic N) is 1. The highest BCUT2D eigenvalue weighted by Gasteiger charge is 2.48. The Labute approximate surface area is 176 Å². The van der Waals surface area contributed by atoms with Crippen LogP contribution in [0.1, 0.15) is 5.56 Å². The first-order valence-electron chi connectivity index (χ1n) is 10.1. The zero-order valence-corrected chi connectivity index (χ0v) is 16.8. The lowest BCUT2D eigenvalue weighted by Crippen LogP contribution is -2.71. The molecule has 0 unspecified atom stereocenters. The van der Waals surface area contributed by atoms with Gasteiger partial charge in [-0.2, -0.15) is 0 Å². The van der Waals surface area contributed by atoms with E-state index in [4.69, 9.17) is 9.39 Å². The molecule has 0 N–H and O–H groups in total. The summed E-state index contributed by atoms with van der Waals surface area (Å²) in [6.45, 7) is -1.74. The monoisotopic (exact) mass is 391 g/mol. The Kier molecular flexibility index (Phi) is 4.60. The Morgan fingerprint density at radius 3 is 1.83 bits per heavy atom. The van der Waals surface area contributed by atoms with Gasteiger partial charge in [0.15, 0.2) is 5.69 Å². The molecule has 0 spiro atoms. The lowest BCUT2D eigenvalue weighted by molar-refractivity contribution is -0.304. The van der Waals surface area contributed by atoms with Crippen LogP contribution < -0.4 is 20.3 Å². The molecule has 146 valence electrons. The molecule has 0 amide bonds. The van der Waals surface area contributed by atoms with E-state index in [9.17, 15) is 0 Å². The standard InChI is InChI=1S/C26H22BNO2/c1-29-25-18-16-24(17-19-25)28-20-21-10-8-9-15-26(21)30-27(28,22-11-4-2-5-12-22)23-13-6-3-7-14-23/h2-20H,1H3. The number of ether oxygens (including phenoxy) is 1. The summed E-state index contributed by atoms with van der Waals surface area (Å²) in [4.78, 5) is 0. The van der Waals surface area contributed by atoms with E-state index in [1.807, 2.05) is 42.5 Å². The van der Waals surface area contributed by atoms with Gasteiger partial charge in [-0.3, -0.25) is 0 Å². The first kappa shape index (κ1) is 18.3. The first-order chi connectivity index (χ1) is 14.8. The van der Waals surface area contributed by atoms with Crippen molar-refractivity contribution in [1.29, 1.82) is 0 Å². The Morgan fingerprint density at radius 1 is 0.667 bits per heavy atom. The molecule has 0 atom stereocenters. The molecule has 1 heterocycles. The molecule has 3 nitrogen and oxygen atoms in total. The third-order valence-electron chi connectivity index (χ3n) is 5.76. The van der Waals surface area contributed by atoms with Crippen LogP contribution in [0, 0.1) is 0 Å². The van der Waals surface area contributed by atoms with Crippen LogP contribution in [0.25, 0.3) is 0 Å². The van der Waals surface area contributed by atoms with E-state index < -0.39 is 6.48 Å². The molecule has 4 aromatic rings. The molecule has 0 saturated heterocycles. The molecule has 0 saturated carbocycles. The quantitative estimate of drug-likeness (QED) is 0.489. The van der Waals surface area contributed by atoms with Crippen LogP contribution in [-0.4, -0.2) is 24.3 Å². The molecule has 30 heavy (non-hydrogen) atoms. The molecule has 0 aliphatic carbocycles. The summed E-state index contributed by atoms with van der Waals surface area (Å²) in [6, 6.07) is 37.2. The number of methoxy groups -OCH3 is 1. The zero-order valence-electron chi connectivity index (χ0n) is 16.8. The minimum Gasteiger partial charge on any atom is -0.651 e. The summed E-state index contributed by atoms with van der Waals surface area (Å²) in [7, 11) is 1.68. The number of hydrogen-bond donors (Lipinski definition) is 0. The van der Waals surface area contributed by atoms with Crippen LogP contribution >= 0.6 is 0 Å². The average molecular weight is 391 g/mol. The lowest BCUT2D eigenvalue weighted by atomic mass is 9.40. The largest absolute Gasteiger partial charge is 0.651 e. The van der Waals surface area contributed by atoms with Gasteiger partial charge in [0.1, 0.15) is 12.0 Å². The van der Waals surface area contributed by atoms with Crippen LogP contribution in [0.15, 0.2) is 109 Å². The van der Waals surface area contributed by atoms with E-state index in [0.29, 0.717) is 0 Å². The van der Waals surface area contributed by atoms with Gasteiger partial charge in [0.25, 0.3) is 0 Å². The highest BCUT2D eigenvalue weighted by Crippen LogP contribution is 2.30. The number of rotatable bonds is 4. The Hall–Kier alpha value is -3.79. The molecule has 0 fully saturated rings. The third kappa shape index (κ3) is 2.98. The topological polar surface area (TPSA) is 21.5 Å². The molecule has 4 heteroatoms. The molecule has 0 aromatic heterocycles. The maximum absolute atomic E-state index is 6.94. The Bertz CT molecular complexity index is 1150. The summed E-state index contributed by atoms with van der Waals surface area (Å²) in [5.74, 6) is 1.71. The second-order valence-corrected chi connectivity index (χ2v) is 7.46. The van der Waals surface area contributed by atoms with Crippen LogP contribution in [0.2, 0.25) is 0 Å². The Morgan fingerprint density at radius 2 is 1.23 bits per heavy atom. The van der Waals surface area contributed by atoms with Crippen molar-refractivity contribution in [2.45, 2.75) is 0 Å². The Balaban J connectivity index is 1.83. The fraction of sp³-hybridized carbons (Fsp3) is 0.0385. The van der Waals surface area contributed by atoms with Crippen molar-refractivity contribution < 1.29 is 13.9 Å². The van der Waals surface area contributed by atoms with E-state index in [1.165, 1.54) is 0 Å². The van der Waals surface area contributed by atoms with Gasteiger partial charge in [-0.15, -0.1) is 0 Å². The van der Waals surface area contributed by atoms with E-state index in [1.54, 1.807) is 7.11 Å². The van der Waals surface area contributed by atoms with Crippen molar-refractivity contribution in [3.8, 4) is 11.5 Å². The second-order valence-electron chi connectivity index (χ2n) is 7.46. The smallest absolute Gasteiger partial charge is 0.513 e. The summed E-state index contributed by atoms with van der Waals surface area (Å²) in [5.41, 5.74) is 4.33. The van der Waals surface area contributed by atoms with Gasteiger partial charge < -0.3 is 13.9 Å². The van der Waals surface area contributed by atoms with Crippen LogP contribution in [0.5, 0.6) is 11.5 Å². The predicted molar refractivity (Wildman–Crippen MR) is 123 cm³/mol. The number of hydrogen-bond acceptors (Lipinski definition) is 2. The van der Waals surface area contributed by atoms with Crippen LogP contribution in [0.4, 0.5) is 5.69 Å². The van der Waals surface area contributed by atoms with Gasteiger partial charge >= 0.3 is 6.48 Å². The summed E-state index contributed by atoms with van der Waals surface area (Å²) in [5, 5.41) is 0. The van der Waals surface area contributed by atoms with Crippen LogP contribution in [-0.2, 0) is 0 Å². The van der Waals surface area contributed by atoms with E-state index in [2.05, 4.69) is 77.4 Å². The van der Waals surface area contributed by atoms with Gasteiger partial charge in [0, 0.05) is 12.1 Å². The normalized spacial score (nSPS) is 14.2. The fourth-order valence-corrected chi connectivity index (χ4v) is 4.31. The molecular formula is C26H22BNO2. The van der Waals surface area contributed by atoms with E-state index >= 15 is 0 Å². The highest BCUT2D eigenvalue weighted by atomic mass is 16.5. The van der Waals surface area contributed by atoms with Crippen molar-refractivity contribution >= 4 is 29.3 Å². The van der Waals surface area contributed by atoms with Crippen molar-refractivity contribution in [2.75, 3.05) is 7.11 Å². The highest BCUT2D eigenvalue weighted by molar-refractivity contribution is 6.92.